The van der Waals surface area contributed by atoms with Crippen LogP contribution in [0, 0.1) is 5.92 Å². The maximum absolute atomic E-state index is 6.19. The Kier molecular flexibility index (Phi) is 3.77. The maximum atomic E-state index is 6.19. The topological polar surface area (TPSA) is 29.3 Å². The molecule has 0 aromatic heterocycles. The monoisotopic (exact) mass is 268 g/mol. The zero-order valence-corrected chi connectivity index (χ0v) is 12.4. The number of rotatable bonds is 2. The van der Waals surface area contributed by atoms with E-state index in [1.165, 1.54) is 16.3 Å². The number of fused-ring (bicyclic) bond motifs is 1. The fourth-order valence-electron chi connectivity index (χ4n) is 3.34. The molecule has 1 fully saturated rings. The molecule has 1 aliphatic rings. The average Bonchev–Trinajstić information content (AvgIpc) is 2.48. The van der Waals surface area contributed by atoms with Crippen molar-refractivity contribution < 1.29 is 0 Å². The van der Waals surface area contributed by atoms with Gasteiger partial charge in [-0.1, -0.05) is 49.4 Å². The van der Waals surface area contributed by atoms with Crippen LogP contribution in [0.15, 0.2) is 42.5 Å². The van der Waals surface area contributed by atoms with Crippen molar-refractivity contribution in [3.63, 3.8) is 0 Å². The van der Waals surface area contributed by atoms with Crippen LogP contribution < -0.4 is 5.73 Å². The Hall–Kier alpha value is -1.38. The van der Waals surface area contributed by atoms with E-state index < -0.39 is 0 Å². The smallest absolute Gasteiger partial charge is 0.0242 e. The molecule has 2 heteroatoms. The molecule has 2 N–H and O–H groups in total. The van der Waals surface area contributed by atoms with E-state index in [1.54, 1.807) is 0 Å². The minimum atomic E-state index is 0.355. The van der Waals surface area contributed by atoms with E-state index in [9.17, 15) is 0 Å². The van der Waals surface area contributed by atoms with Crippen LogP contribution in [0.3, 0.4) is 0 Å². The molecule has 3 rings (SSSR count). The molecule has 2 aromatic carbocycles. The lowest BCUT2D eigenvalue weighted by atomic mass is 9.87. The van der Waals surface area contributed by atoms with E-state index in [4.69, 9.17) is 5.73 Å². The fraction of sp³-hybridized carbons (Fsp3) is 0.444. The molecule has 3 unspecified atom stereocenters. The molecule has 0 amide bonds. The van der Waals surface area contributed by atoms with Gasteiger partial charge in [-0.25, -0.2) is 0 Å². The van der Waals surface area contributed by atoms with Crippen molar-refractivity contribution in [2.45, 2.75) is 38.9 Å². The highest BCUT2D eigenvalue weighted by molar-refractivity contribution is 5.85. The Morgan fingerprint density at radius 2 is 1.85 bits per heavy atom. The molecule has 2 nitrogen and oxygen atoms in total. The van der Waals surface area contributed by atoms with Gasteiger partial charge in [0.05, 0.1) is 0 Å². The van der Waals surface area contributed by atoms with E-state index in [-0.39, 0.29) is 0 Å². The highest BCUT2D eigenvalue weighted by atomic mass is 15.2. The summed E-state index contributed by atoms with van der Waals surface area (Å²) in [6, 6.07) is 16.2. The minimum absolute atomic E-state index is 0.355. The third-order valence-corrected chi connectivity index (χ3v) is 5.02. The molecule has 2 aromatic rings. The zero-order valence-electron chi connectivity index (χ0n) is 12.4. The Morgan fingerprint density at radius 3 is 2.70 bits per heavy atom. The van der Waals surface area contributed by atoms with Gasteiger partial charge in [-0.3, -0.25) is 4.90 Å². The van der Waals surface area contributed by atoms with Gasteiger partial charge >= 0.3 is 0 Å². The lowest BCUT2D eigenvalue weighted by Gasteiger charge is -2.41. The molecule has 0 aliphatic carbocycles. The molecule has 0 saturated carbocycles. The van der Waals surface area contributed by atoms with Gasteiger partial charge in [-0.05, 0) is 35.6 Å². The number of nitrogens with zero attached hydrogens (tertiary/aromatic N) is 1. The van der Waals surface area contributed by atoms with Crippen molar-refractivity contribution >= 4 is 10.8 Å². The SMILES string of the molecule is CC1C(N)CCN(Cc2cccc3ccccc23)C1C. The standard InChI is InChI=1S/C18H24N2/c1-13-14(2)20(11-10-18(13)19)12-16-8-5-7-15-6-3-4-9-17(15)16/h3-9,13-14,18H,10-12,19H2,1-2H3. The Morgan fingerprint density at radius 1 is 1.10 bits per heavy atom. The van der Waals surface area contributed by atoms with Crippen LogP contribution in [0.25, 0.3) is 10.8 Å². The Labute approximate surface area is 121 Å². The molecule has 0 radical (unpaired) electrons. The Balaban J connectivity index is 1.86. The summed E-state index contributed by atoms with van der Waals surface area (Å²) in [5.74, 6) is 0.568. The Bertz CT molecular complexity index is 587. The van der Waals surface area contributed by atoms with Gasteiger partial charge in [-0.2, -0.15) is 0 Å². The van der Waals surface area contributed by atoms with Crippen LogP contribution in [0.5, 0.6) is 0 Å². The van der Waals surface area contributed by atoms with Gasteiger partial charge in [0.2, 0.25) is 0 Å². The van der Waals surface area contributed by atoms with E-state index in [0.29, 0.717) is 18.0 Å². The first-order valence-corrected chi connectivity index (χ1v) is 7.63. The van der Waals surface area contributed by atoms with E-state index >= 15 is 0 Å². The average molecular weight is 268 g/mol. The first kappa shape index (κ1) is 13.6. The van der Waals surface area contributed by atoms with Crippen molar-refractivity contribution in [1.82, 2.24) is 4.90 Å². The van der Waals surface area contributed by atoms with E-state index in [0.717, 1.165) is 19.5 Å². The molecule has 3 atom stereocenters. The molecule has 0 spiro atoms. The lowest BCUT2D eigenvalue weighted by molar-refractivity contribution is 0.0914. The van der Waals surface area contributed by atoms with Crippen molar-refractivity contribution in [2.75, 3.05) is 6.54 Å². The zero-order chi connectivity index (χ0) is 14.1. The van der Waals surface area contributed by atoms with Crippen LogP contribution in [0.2, 0.25) is 0 Å². The predicted molar refractivity (Wildman–Crippen MR) is 85.6 cm³/mol. The summed E-state index contributed by atoms with van der Waals surface area (Å²) in [5, 5.41) is 2.71. The summed E-state index contributed by atoms with van der Waals surface area (Å²) in [7, 11) is 0. The molecule has 1 heterocycles. The van der Waals surface area contributed by atoms with Crippen LogP contribution in [-0.4, -0.2) is 23.5 Å². The van der Waals surface area contributed by atoms with Crippen molar-refractivity contribution in [3.05, 3.63) is 48.0 Å². The molecular weight excluding hydrogens is 244 g/mol. The number of benzene rings is 2. The highest BCUT2D eigenvalue weighted by Crippen LogP contribution is 2.26. The summed E-state index contributed by atoms with van der Waals surface area (Å²) < 4.78 is 0. The number of likely N-dealkylation sites (tertiary alicyclic amines) is 1. The maximum Gasteiger partial charge on any atom is 0.0242 e. The third-order valence-electron chi connectivity index (χ3n) is 5.02. The molecule has 20 heavy (non-hydrogen) atoms. The molecule has 1 saturated heterocycles. The van der Waals surface area contributed by atoms with Crippen molar-refractivity contribution in [2.24, 2.45) is 11.7 Å². The number of hydrogen-bond acceptors (Lipinski definition) is 2. The van der Waals surface area contributed by atoms with Crippen LogP contribution >= 0.6 is 0 Å². The van der Waals surface area contributed by atoms with Crippen LogP contribution in [0.1, 0.15) is 25.8 Å². The predicted octanol–water partition coefficient (Wildman–Crippen LogP) is 3.40. The minimum Gasteiger partial charge on any atom is -0.327 e. The first-order valence-electron chi connectivity index (χ1n) is 7.63. The number of piperidine rings is 1. The molecule has 106 valence electrons. The highest BCUT2D eigenvalue weighted by Gasteiger charge is 2.30. The summed E-state index contributed by atoms with van der Waals surface area (Å²) in [6.45, 7) is 6.73. The van der Waals surface area contributed by atoms with Gasteiger partial charge in [0.25, 0.3) is 0 Å². The van der Waals surface area contributed by atoms with Gasteiger partial charge in [0, 0.05) is 25.2 Å². The summed E-state index contributed by atoms with van der Waals surface area (Å²) >= 11 is 0. The second kappa shape index (κ2) is 5.55. The number of hydrogen-bond donors (Lipinski definition) is 1. The third kappa shape index (κ3) is 2.46. The van der Waals surface area contributed by atoms with Crippen molar-refractivity contribution in [3.8, 4) is 0 Å². The van der Waals surface area contributed by atoms with E-state index in [1.807, 2.05) is 0 Å². The largest absolute Gasteiger partial charge is 0.327 e. The lowest BCUT2D eigenvalue weighted by Crippen LogP contribution is -2.51. The van der Waals surface area contributed by atoms with Gasteiger partial charge in [0.1, 0.15) is 0 Å². The van der Waals surface area contributed by atoms with Gasteiger partial charge < -0.3 is 5.73 Å². The summed E-state index contributed by atoms with van der Waals surface area (Å²) in [5.41, 5.74) is 7.62. The fourth-order valence-corrected chi connectivity index (χ4v) is 3.34. The number of nitrogens with two attached hydrogens (primary N) is 1. The second-order valence-electron chi connectivity index (χ2n) is 6.16. The second-order valence-corrected chi connectivity index (χ2v) is 6.16. The summed E-state index contributed by atoms with van der Waals surface area (Å²) in [4.78, 5) is 2.58. The molecular formula is C18H24N2. The quantitative estimate of drug-likeness (QED) is 0.904. The van der Waals surface area contributed by atoms with Crippen molar-refractivity contribution in [1.29, 1.82) is 0 Å². The van der Waals surface area contributed by atoms with Crippen LogP contribution in [0.4, 0.5) is 0 Å². The van der Waals surface area contributed by atoms with Gasteiger partial charge in [-0.15, -0.1) is 0 Å². The molecule has 1 aliphatic heterocycles. The van der Waals surface area contributed by atoms with Gasteiger partial charge in [0.15, 0.2) is 0 Å². The normalized spacial score (nSPS) is 27.9. The van der Waals surface area contributed by atoms with Crippen LogP contribution in [-0.2, 0) is 6.54 Å². The first-order chi connectivity index (χ1) is 9.66. The summed E-state index contributed by atoms with van der Waals surface area (Å²) in [6.07, 6.45) is 1.11. The van der Waals surface area contributed by atoms with E-state index in [2.05, 4.69) is 61.2 Å². The molecule has 0 bridgehead atoms.